The van der Waals surface area contributed by atoms with Crippen LogP contribution in [0.1, 0.15) is 15.9 Å². The van der Waals surface area contributed by atoms with E-state index in [4.69, 9.17) is 9.47 Å². The van der Waals surface area contributed by atoms with Gasteiger partial charge in [0.25, 0.3) is 0 Å². The topological polar surface area (TPSA) is 38.8 Å². The van der Waals surface area contributed by atoms with Gasteiger partial charge in [0.1, 0.15) is 6.61 Å². The maximum absolute atomic E-state index is 13.0. The van der Waals surface area contributed by atoms with E-state index in [9.17, 15) is 18.0 Å². The Morgan fingerprint density at radius 1 is 1.17 bits per heavy atom. The lowest BCUT2D eigenvalue weighted by Gasteiger charge is -2.37. The van der Waals surface area contributed by atoms with Gasteiger partial charge in [0.15, 0.2) is 0 Å². The Bertz CT molecular complexity index is 761. The van der Waals surface area contributed by atoms with Crippen LogP contribution in [0.2, 0.25) is 0 Å². The molecule has 126 valence electrons. The molecule has 2 aromatic carbocycles. The molecule has 0 aliphatic carbocycles. The Hall–Kier alpha value is -2.54. The third-order valence-corrected chi connectivity index (χ3v) is 3.68. The van der Waals surface area contributed by atoms with Crippen LogP contribution in [0.5, 0.6) is 0 Å². The number of alkyl halides is 3. The Morgan fingerprint density at radius 3 is 2.62 bits per heavy atom. The summed E-state index contributed by atoms with van der Waals surface area (Å²) >= 11 is 0. The molecule has 0 radical (unpaired) electrons. The van der Waals surface area contributed by atoms with Crippen molar-refractivity contribution in [1.82, 2.24) is 0 Å². The van der Waals surface area contributed by atoms with Gasteiger partial charge in [-0.15, -0.1) is 0 Å². The van der Waals surface area contributed by atoms with Crippen LogP contribution in [-0.2, 0) is 15.7 Å². The number of anilines is 2. The molecule has 1 aliphatic heterocycles. The molecule has 0 spiro atoms. The molecule has 1 heterocycles. The second kappa shape index (κ2) is 6.16. The second-order valence-electron chi connectivity index (χ2n) is 5.25. The third kappa shape index (κ3) is 2.94. The van der Waals surface area contributed by atoms with Crippen molar-refractivity contribution in [1.29, 1.82) is 0 Å². The first-order valence-electron chi connectivity index (χ1n) is 7.17. The number of ether oxygens (including phenoxy) is 2. The Balaban J connectivity index is 2.12. The van der Waals surface area contributed by atoms with Crippen molar-refractivity contribution in [2.24, 2.45) is 0 Å². The number of halogens is 3. The summed E-state index contributed by atoms with van der Waals surface area (Å²) in [6.07, 6.45) is -5.31. The van der Waals surface area contributed by atoms with Gasteiger partial charge in [-0.25, -0.2) is 4.79 Å². The molecule has 3 rings (SSSR count). The van der Waals surface area contributed by atoms with E-state index in [1.807, 2.05) is 0 Å². The summed E-state index contributed by atoms with van der Waals surface area (Å²) in [6.45, 7) is 0.0241. The van der Waals surface area contributed by atoms with Gasteiger partial charge in [0.2, 0.25) is 6.23 Å². The van der Waals surface area contributed by atoms with E-state index in [1.165, 1.54) is 24.1 Å². The van der Waals surface area contributed by atoms with Gasteiger partial charge in [0.05, 0.1) is 16.8 Å². The van der Waals surface area contributed by atoms with Gasteiger partial charge in [0, 0.05) is 12.8 Å². The maximum Gasteiger partial charge on any atom is 0.416 e. The summed E-state index contributed by atoms with van der Waals surface area (Å²) < 4.78 is 49.4. The van der Waals surface area contributed by atoms with E-state index in [0.717, 1.165) is 12.1 Å². The highest BCUT2D eigenvalue weighted by molar-refractivity contribution is 5.99. The number of carbonyl (C=O) groups excluding carboxylic acids is 1. The minimum absolute atomic E-state index is 0.0241. The first-order valence-corrected chi connectivity index (χ1v) is 7.17. The molecule has 4 nitrogen and oxygen atoms in total. The molecular formula is C17H14F3NO3. The Kier molecular flexibility index (Phi) is 4.19. The van der Waals surface area contributed by atoms with Crippen LogP contribution >= 0.6 is 0 Å². The van der Waals surface area contributed by atoms with Crippen LogP contribution in [0, 0.1) is 0 Å². The lowest BCUT2D eigenvalue weighted by molar-refractivity contribution is -0.137. The van der Waals surface area contributed by atoms with Gasteiger partial charge in [-0.1, -0.05) is 18.2 Å². The largest absolute Gasteiger partial charge is 0.435 e. The molecule has 0 amide bonds. The molecule has 1 unspecified atom stereocenters. The van der Waals surface area contributed by atoms with Gasteiger partial charge >= 0.3 is 12.1 Å². The minimum Gasteiger partial charge on any atom is -0.435 e. The third-order valence-electron chi connectivity index (χ3n) is 3.68. The zero-order valence-corrected chi connectivity index (χ0v) is 12.7. The smallest absolute Gasteiger partial charge is 0.416 e. The van der Waals surface area contributed by atoms with E-state index in [2.05, 4.69) is 0 Å². The van der Waals surface area contributed by atoms with Crippen molar-refractivity contribution in [2.45, 2.75) is 12.4 Å². The number of fused-ring (bicyclic) bond motifs is 1. The van der Waals surface area contributed by atoms with Crippen LogP contribution in [-0.4, -0.2) is 25.9 Å². The lowest BCUT2D eigenvalue weighted by Crippen LogP contribution is -2.43. The van der Waals surface area contributed by atoms with E-state index in [-0.39, 0.29) is 12.3 Å². The molecule has 24 heavy (non-hydrogen) atoms. The molecule has 7 heteroatoms. The molecule has 0 fully saturated rings. The van der Waals surface area contributed by atoms with Crippen LogP contribution in [0.3, 0.4) is 0 Å². The number of methoxy groups -OCH3 is 1. The summed E-state index contributed by atoms with van der Waals surface area (Å²) in [7, 11) is 1.43. The van der Waals surface area contributed by atoms with Crippen LogP contribution < -0.4 is 4.90 Å². The zero-order valence-electron chi connectivity index (χ0n) is 12.7. The molecule has 0 aromatic heterocycles. The van der Waals surface area contributed by atoms with Crippen LogP contribution in [0.25, 0.3) is 0 Å². The lowest BCUT2D eigenvalue weighted by atomic mass is 10.1. The van der Waals surface area contributed by atoms with Gasteiger partial charge in [-0.05, 0) is 30.3 Å². The highest BCUT2D eigenvalue weighted by atomic mass is 19.4. The van der Waals surface area contributed by atoms with Crippen molar-refractivity contribution in [3.63, 3.8) is 0 Å². The van der Waals surface area contributed by atoms with Crippen LogP contribution in [0.15, 0.2) is 48.5 Å². The molecule has 0 N–H and O–H groups in total. The van der Waals surface area contributed by atoms with E-state index >= 15 is 0 Å². The number of nitrogens with zero attached hydrogens (tertiary/aromatic N) is 1. The van der Waals surface area contributed by atoms with Gasteiger partial charge < -0.3 is 14.4 Å². The predicted molar refractivity (Wildman–Crippen MR) is 81.1 cm³/mol. The summed E-state index contributed by atoms with van der Waals surface area (Å²) in [6, 6.07) is 11.5. The molecule has 2 aromatic rings. The van der Waals surface area contributed by atoms with Crippen molar-refractivity contribution in [3.8, 4) is 0 Å². The highest BCUT2D eigenvalue weighted by Gasteiger charge is 2.35. The predicted octanol–water partition coefficient (Wildman–Crippen LogP) is 3.99. The average molecular weight is 337 g/mol. The summed E-state index contributed by atoms with van der Waals surface area (Å²) in [5, 5.41) is 0. The highest BCUT2D eigenvalue weighted by Crippen LogP contribution is 2.38. The Morgan fingerprint density at radius 2 is 1.92 bits per heavy atom. The standard InChI is InChI=1S/C17H14F3NO3/c1-23-10-15-21(12-6-4-5-11(9-12)17(18,19)20)14-8-3-2-7-13(14)16(22)24-15/h2-9,15H,10H2,1H3. The molecule has 1 atom stereocenters. The fourth-order valence-corrected chi connectivity index (χ4v) is 2.64. The molecular weight excluding hydrogens is 323 g/mol. The zero-order chi connectivity index (χ0) is 17.3. The SMILES string of the molecule is COCC1OC(=O)c2ccccc2N1c1cccc(C(F)(F)F)c1. The normalized spacial score (nSPS) is 17.4. The van der Waals surface area contributed by atoms with E-state index in [1.54, 1.807) is 24.3 Å². The summed E-state index contributed by atoms with van der Waals surface area (Å²) in [5.74, 6) is -0.532. The average Bonchev–Trinajstić information content (AvgIpc) is 2.55. The van der Waals surface area contributed by atoms with Crippen molar-refractivity contribution in [3.05, 3.63) is 59.7 Å². The summed E-state index contributed by atoms with van der Waals surface area (Å²) in [4.78, 5) is 13.6. The van der Waals surface area contributed by atoms with Crippen LogP contribution in [0.4, 0.5) is 24.5 Å². The number of benzene rings is 2. The fourth-order valence-electron chi connectivity index (χ4n) is 2.64. The monoisotopic (exact) mass is 337 g/mol. The van der Waals surface area contributed by atoms with Crippen molar-refractivity contribution >= 4 is 17.3 Å². The number of rotatable bonds is 3. The first-order chi connectivity index (χ1) is 11.4. The number of esters is 1. The fraction of sp³-hybridized carbons (Fsp3) is 0.235. The number of cyclic esters (lactones) is 1. The quantitative estimate of drug-likeness (QED) is 0.794. The van der Waals surface area contributed by atoms with E-state index < -0.39 is 23.9 Å². The Labute approximate surface area is 136 Å². The van der Waals surface area contributed by atoms with E-state index in [0.29, 0.717) is 11.3 Å². The van der Waals surface area contributed by atoms with Gasteiger partial charge in [-0.3, -0.25) is 0 Å². The number of hydrogen-bond acceptors (Lipinski definition) is 4. The van der Waals surface area contributed by atoms with Gasteiger partial charge in [-0.2, -0.15) is 13.2 Å². The minimum atomic E-state index is -4.46. The second-order valence-corrected chi connectivity index (χ2v) is 5.25. The number of carbonyl (C=O) groups is 1. The number of para-hydroxylation sites is 1. The summed E-state index contributed by atoms with van der Waals surface area (Å²) in [5.41, 5.74) is 0.273. The van der Waals surface area contributed by atoms with Crippen molar-refractivity contribution < 1.29 is 27.4 Å². The first kappa shape index (κ1) is 16.3. The molecule has 0 saturated heterocycles. The molecule has 0 saturated carbocycles. The molecule has 0 bridgehead atoms. The maximum atomic E-state index is 13.0. The number of hydrogen-bond donors (Lipinski definition) is 0. The molecule has 1 aliphatic rings. The van der Waals surface area contributed by atoms with Crippen molar-refractivity contribution in [2.75, 3.05) is 18.6 Å².